The second-order valence-electron chi connectivity index (χ2n) is 5.24. The van der Waals surface area contributed by atoms with E-state index in [-0.39, 0.29) is 0 Å². The molecule has 0 aliphatic carbocycles. The van der Waals surface area contributed by atoms with Gasteiger partial charge in [0.2, 0.25) is 0 Å². The van der Waals surface area contributed by atoms with Gasteiger partial charge in [0.15, 0.2) is 0 Å². The van der Waals surface area contributed by atoms with Crippen molar-refractivity contribution in [2.45, 2.75) is 25.8 Å². The molecule has 1 aliphatic rings. The number of hydrogen-bond acceptors (Lipinski definition) is 1. The average molecular weight is 307 g/mol. The third-order valence-corrected chi connectivity index (χ3v) is 4.52. The van der Waals surface area contributed by atoms with Crippen LogP contribution in [0.15, 0.2) is 28.9 Å². The van der Waals surface area contributed by atoms with E-state index in [9.17, 15) is 0 Å². The number of aryl methyl sites for hydroxylation is 1. The minimum atomic E-state index is 1.09. The minimum absolute atomic E-state index is 1.09. The first kappa shape index (κ1) is 12.2. The number of nitrogens with zero attached hydrogens (tertiary/aromatic N) is 2. The molecule has 0 bridgehead atoms. The van der Waals surface area contributed by atoms with Crippen molar-refractivity contribution in [1.29, 1.82) is 0 Å². The number of halogens is 1. The zero-order chi connectivity index (χ0) is 12.5. The van der Waals surface area contributed by atoms with Crippen LogP contribution in [0.4, 0.5) is 0 Å². The molecule has 0 amide bonds. The second kappa shape index (κ2) is 5.06. The fourth-order valence-corrected chi connectivity index (χ4v) is 3.63. The van der Waals surface area contributed by atoms with E-state index >= 15 is 0 Å². The highest BCUT2D eigenvalue weighted by molar-refractivity contribution is 9.10. The molecular weight excluding hydrogens is 288 g/mol. The van der Waals surface area contributed by atoms with Gasteiger partial charge in [-0.3, -0.25) is 4.90 Å². The molecule has 3 heteroatoms. The SMILES string of the molecule is Cn1cc(CN2CCCCC2)c2cccc(Br)c21. The Morgan fingerprint density at radius 2 is 1.94 bits per heavy atom. The quantitative estimate of drug-likeness (QED) is 0.816. The Balaban J connectivity index is 1.94. The standard InChI is InChI=1S/C15H19BrN2/c1-17-10-12(11-18-8-3-2-4-9-18)13-6-5-7-14(16)15(13)17/h5-7,10H,2-4,8-9,11H2,1H3. The molecule has 0 saturated carbocycles. The number of hydrogen-bond donors (Lipinski definition) is 0. The molecule has 0 atom stereocenters. The lowest BCUT2D eigenvalue weighted by Gasteiger charge is -2.26. The Kier molecular flexibility index (Phi) is 3.44. The van der Waals surface area contributed by atoms with Crippen LogP contribution in [-0.2, 0) is 13.6 Å². The van der Waals surface area contributed by atoms with Crippen LogP contribution in [-0.4, -0.2) is 22.6 Å². The van der Waals surface area contributed by atoms with Crippen LogP contribution in [0.3, 0.4) is 0 Å². The van der Waals surface area contributed by atoms with Crippen LogP contribution < -0.4 is 0 Å². The molecule has 0 radical (unpaired) electrons. The summed E-state index contributed by atoms with van der Waals surface area (Å²) >= 11 is 3.65. The predicted molar refractivity (Wildman–Crippen MR) is 79.7 cm³/mol. The van der Waals surface area contributed by atoms with Crippen molar-refractivity contribution in [3.05, 3.63) is 34.4 Å². The molecular formula is C15H19BrN2. The van der Waals surface area contributed by atoms with Gasteiger partial charge in [-0.25, -0.2) is 0 Å². The van der Waals surface area contributed by atoms with Gasteiger partial charge in [-0.1, -0.05) is 18.6 Å². The third kappa shape index (κ3) is 2.21. The van der Waals surface area contributed by atoms with E-state index in [0.717, 1.165) is 6.54 Å². The van der Waals surface area contributed by atoms with Gasteiger partial charge in [-0.05, 0) is 53.5 Å². The molecule has 2 heterocycles. The van der Waals surface area contributed by atoms with Gasteiger partial charge < -0.3 is 4.57 Å². The maximum atomic E-state index is 3.65. The summed E-state index contributed by atoms with van der Waals surface area (Å²) in [6, 6.07) is 6.48. The Hall–Kier alpha value is -0.800. The Bertz CT molecular complexity index is 553. The van der Waals surface area contributed by atoms with Crippen molar-refractivity contribution >= 4 is 26.8 Å². The van der Waals surface area contributed by atoms with E-state index in [1.54, 1.807) is 0 Å². The van der Waals surface area contributed by atoms with Crippen LogP contribution in [0.25, 0.3) is 10.9 Å². The maximum absolute atomic E-state index is 3.65. The number of fused-ring (bicyclic) bond motifs is 1. The van der Waals surface area contributed by atoms with Crippen LogP contribution in [0.5, 0.6) is 0 Å². The molecule has 0 N–H and O–H groups in total. The highest BCUT2D eigenvalue weighted by Crippen LogP contribution is 2.28. The molecule has 2 nitrogen and oxygen atoms in total. The van der Waals surface area contributed by atoms with Gasteiger partial charge in [0, 0.05) is 29.6 Å². The van der Waals surface area contributed by atoms with Crippen molar-refractivity contribution in [3.8, 4) is 0 Å². The van der Waals surface area contributed by atoms with Crippen LogP contribution in [0.2, 0.25) is 0 Å². The highest BCUT2D eigenvalue weighted by atomic mass is 79.9. The largest absolute Gasteiger partial charge is 0.349 e. The van der Waals surface area contributed by atoms with E-state index in [4.69, 9.17) is 0 Å². The maximum Gasteiger partial charge on any atom is 0.0625 e. The summed E-state index contributed by atoms with van der Waals surface area (Å²) in [6.45, 7) is 3.60. The van der Waals surface area contributed by atoms with Crippen molar-refractivity contribution in [1.82, 2.24) is 9.47 Å². The molecule has 0 unspecified atom stereocenters. The molecule has 1 aromatic heterocycles. The fourth-order valence-electron chi connectivity index (χ4n) is 2.99. The van der Waals surface area contributed by atoms with Gasteiger partial charge >= 0.3 is 0 Å². The third-order valence-electron chi connectivity index (χ3n) is 3.88. The lowest BCUT2D eigenvalue weighted by molar-refractivity contribution is 0.221. The minimum Gasteiger partial charge on any atom is -0.349 e. The number of benzene rings is 1. The van der Waals surface area contributed by atoms with Crippen molar-refractivity contribution in [2.24, 2.45) is 7.05 Å². The highest BCUT2D eigenvalue weighted by Gasteiger charge is 2.14. The smallest absolute Gasteiger partial charge is 0.0625 e. The molecule has 0 spiro atoms. The summed E-state index contributed by atoms with van der Waals surface area (Å²) < 4.78 is 3.42. The lowest BCUT2D eigenvalue weighted by Crippen LogP contribution is -2.28. The number of rotatable bonds is 2. The second-order valence-corrected chi connectivity index (χ2v) is 6.09. The number of piperidine rings is 1. The lowest BCUT2D eigenvalue weighted by atomic mass is 10.1. The summed E-state index contributed by atoms with van der Waals surface area (Å²) in [6.07, 6.45) is 6.39. The van der Waals surface area contributed by atoms with Crippen LogP contribution in [0.1, 0.15) is 24.8 Å². The molecule has 1 aromatic carbocycles. The van der Waals surface area contributed by atoms with E-state index < -0.39 is 0 Å². The van der Waals surface area contributed by atoms with Crippen molar-refractivity contribution in [2.75, 3.05) is 13.1 Å². The number of likely N-dealkylation sites (tertiary alicyclic amines) is 1. The van der Waals surface area contributed by atoms with Gasteiger partial charge in [0.05, 0.1) is 5.52 Å². The molecule has 2 aromatic rings. The van der Waals surface area contributed by atoms with E-state index in [1.807, 2.05) is 0 Å². The Labute approximate surface area is 117 Å². The van der Waals surface area contributed by atoms with Gasteiger partial charge in [-0.15, -0.1) is 0 Å². The van der Waals surface area contributed by atoms with Crippen LogP contribution in [0, 0.1) is 0 Å². The predicted octanol–water partition coefficient (Wildman–Crippen LogP) is 3.93. The fraction of sp³-hybridized carbons (Fsp3) is 0.467. The summed E-state index contributed by atoms with van der Waals surface area (Å²) in [4.78, 5) is 2.58. The summed E-state index contributed by atoms with van der Waals surface area (Å²) in [5.41, 5.74) is 2.76. The summed E-state index contributed by atoms with van der Waals surface area (Å²) in [5.74, 6) is 0. The molecule has 18 heavy (non-hydrogen) atoms. The zero-order valence-electron chi connectivity index (χ0n) is 10.8. The molecule has 96 valence electrons. The first-order valence-corrected chi connectivity index (χ1v) is 7.50. The zero-order valence-corrected chi connectivity index (χ0v) is 12.4. The van der Waals surface area contributed by atoms with E-state index in [1.165, 1.54) is 53.3 Å². The Morgan fingerprint density at radius 1 is 1.17 bits per heavy atom. The van der Waals surface area contributed by atoms with Crippen molar-refractivity contribution < 1.29 is 0 Å². The molecule has 3 rings (SSSR count). The Morgan fingerprint density at radius 3 is 2.72 bits per heavy atom. The first-order chi connectivity index (χ1) is 8.75. The normalized spacial score (nSPS) is 17.4. The summed E-state index contributed by atoms with van der Waals surface area (Å²) in [7, 11) is 2.13. The molecule has 1 aliphatic heterocycles. The number of aromatic nitrogens is 1. The first-order valence-electron chi connectivity index (χ1n) is 6.70. The molecule has 1 fully saturated rings. The monoisotopic (exact) mass is 306 g/mol. The van der Waals surface area contributed by atoms with Crippen LogP contribution >= 0.6 is 15.9 Å². The average Bonchev–Trinajstić information content (AvgIpc) is 2.69. The van der Waals surface area contributed by atoms with Gasteiger partial charge in [0.1, 0.15) is 0 Å². The van der Waals surface area contributed by atoms with Gasteiger partial charge in [-0.2, -0.15) is 0 Å². The van der Waals surface area contributed by atoms with E-state index in [2.05, 4.69) is 56.8 Å². The summed E-state index contributed by atoms with van der Waals surface area (Å²) in [5, 5.41) is 1.39. The number of para-hydroxylation sites is 1. The van der Waals surface area contributed by atoms with Crippen molar-refractivity contribution in [3.63, 3.8) is 0 Å². The molecule has 1 saturated heterocycles. The van der Waals surface area contributed by atoms with E-state index in [0.29, 0.717) is 0 Å². The van der Waals surface area contributed by atoms with Gasteiger partial charge in [0.25, 0.3) is 0 Å². The topological polar surface area (TPSA) is 8.17 Å².